The minimum Gasteiger partial charge on any atom is -0.386 e. The Morgan fingerprint density at radius 3 is 1.32 bits per heavy atom. The molecular formula is C50H29NO5. The molecular weight excluding hydrogens is 695 g/mol. The van der Waals surface area contributed by atoms with Crippen LogP contribution in [0, 0.1) is 0 Å². The van der Waals surface area contributed by atoms with Crippen LogP contribution in [0.5, 0.6) is 0 Å². The molecule has 7 aromatic carbocycles. The molecule has 11 rings (SSSR count). The smallest absolute Gasteiger partial charge is 0.346 e. The SMILES string of the molecule is O=C1OC(=O)c2ccc3c4c(ccc1c24)C(=O)N(c1cc(C2C(c4ccccc4)=Cc4ccccc42)cc(C2C(c4ccccc4)=Cc4ccccc42)c1)C3=O. The topological polar surface area (TPSA) is 80.8 Å². The predicted octanol–water partition coefficient (Wildman–Crippen LogP) is 10.3. The van der Waals surface area contributed by atoms with E-state index in [4.69, 9.17) is 4.74 Å². The lowest BCUT2D eigenvalue weighted by atomic mass is 9.80. The fourth-order valence-corrected chi connectivity index (χ4v) is 9.20. The Kier molecular flexibility index (Phi) is 6.88. The number of anilines is 1. The van der Waals surface area contributed by atoms with Crippen molar-refractivity contribution >= 4 is 63.5 Å². The average Bonchev–Trinajstić information content (AvgIpc) is 3.82. The molecule has 56 heavy (non-hydrogen) atoms. The van der Waals surface area contributed by atoms with Gasteiger partial charge in [0.05, 0.1) is 16.8 Å². The second kappa shape index (κ2) is 12.0. The molecule has 0 radical (unpaired) electrons. The summed E-state index contributed by atoms with van der Waals surface area (Å²) in [7, 11) is 0. The van der Waals surface area contributed by atoms with Crippen LogP contribution in [0.25, 0.3) is 34.1 Å². The number of allylic oxidation sites excluding steroid dienone is 2. The Morgan fingerprint density at radius 2 is 0.839 bits per heavy atom. The Hall–Kier alpha value is -7.44. The van der Waals surface area contributed by atoms with Crippen molar-refractivity contribution in [3.05, 3.63) is 218 Å². The maximum absolute atomic E-state index is 14.8. The molecule has 2 aliphatic heterocycles. The summed E-state index contributed by atoms with van der Waals surface area (Å²) in [5.41, 5.74) is 12.0. The van der Waals surface area contributed by atoms with Gasteiger partial charge in [-0.05, 0) is 104 Å². The fraction of sp³-hybridized carbons (Fsp3) is 0.0400. The highest BCUT2D eigenvalue weighted by molar-refractivity contribution is 6.38. The number of hydrogen-bond donors (Lipinski definition) is 0. The van der Waals surface area contributed by atoms with Gasteiger partial charge < -0.3 is 4.74 Å². The molecule has 0 spiro atoms. The van der Waals surface area contributed by atoms with Gasteiger partial charge in [-0.1, -0.05) is 115 Å². The molecule has 2 unspecified atom stereocenters. The average molecular weight is 724 g/mol. The van der Waals surface area contributed by atoms with Crippen LogP contribution < -0.4 is 4.90 Å². The van der Waals surface area contributed by atoms with Crippen molar-refractivity contribution in [3.63, 3.8) is 0 Å². The first-order valence-electron chi connectivity index (χ1n) is 18.6. The van der Waals surface area contributed by atoms with E-state index in [1.54, 1.807) is 12.1 Å². The van der Waals surface area contributed by atoms with Crippen LogP contribution in [0.2, 0.25) is 0 Å². The Morgan fingerprint density at radius 1 is 0.429 bits per heavy atom. The summed E-state index contributed by atoms with van der Waals surface area (Å²) in [4.78, 5) is 56.5. The zero-order valence-corrected chi connectivity index (χ0v) is 29.7. The molecule has 2 aliphatic carbocycles. The van der Waals surface area contributed by atoms with Crippen molar-refractivity contribution in [1.82, 2.24) is 0 Å². The zero-order valence-electron chi connectivity index (χ0n) is 29.7. The number of carbonyl (C=O) groups excluding carboxylic acids is 4. The number of imide groups is 1. The maximum Gasteiger partial charge on any atom is 0.346 e. The predicted molar refractivity (Wildman–Crippen MR) is 216 cm³/mol. The summed E-state index contributed by atoms with van der Waals surface area (Å²) in [6.45, 7) is 0. The van der Waals surface area contributed by atoms with E-state index in [2.05, 4.69) is 78.9 Å². The van der Waals surface area contributed by atoms with Crippen LogP contribution in [-0.4, -0.2) is 23.8 Å². The lowest BCUT2D eigenvalue weighted by Crippen LogP contribution is -2.41. The summed E-state index contributed by atoms with van der Waals surface area (Å²) >= 11 is 0. The molecule has 0 saturated carbocycles. The Balaban J connectivity index is 1.15. The first-order valence-corrected chi connectivity index (χ1v) is 18.6. The Bertz CT molecular complexity index is 2780. The summed E-state index contributed by atoms with van der Waals surface area (Å²) in [5, 5.41) is 0.572. The molecule has 7 aromatic rings. The number of ether oxygens (including phenoxy) is 1. The molecule has 2 heterocycles. The fourth-order valence-electron chi connectivity index (χ4n) is 9.20. The number of benzene rings is 7. The third kappa shape index (κ3) is 4.62. The number of fused-ring (bicyclic) bond motifs is 2. The molecule has 0 fully saturated rings. The molecule has 0 saturated heterocycles. The van der Waals surface area contributed by atoms with Crippen molar-refractivity contribution < 1.29 is 23.9 Å². The third-order valence-corrected chi connectivity index (χ3v) is 11.6. The summed E-state index contributed by atoms with van der Waals surface area (Å²) < 4.78 is 4.97. The molecule has 2 amide bonds. The molecule has 264 valence electrons. The lowest BCUT2D eigenvalue weighted by molar-refractivity contribution is 0.0390. The molecule has 0 N–H and O–H groups in total. The van der Waals surface area contributed by atoms with Crippen LogP contribution in [-0.2, 0) is 4.74 Å². The summed E-state index contributed by atoms with van der Waals surface area (Å²) in [6.07, 6.45) is 4.48. The van der Waals surface area contributed by atoms with Gasteiger partial charge in [-0.3, -0.25) is 9.59 Å². The van der Waals surface area contributed by atoms with Crippen LogP contribution >= 0.6 is 0 Å². The largest absolute Gasteiger partial charge is 0.386 e. The van der Waals surface area contributed by atoms with Gasteiger partial charge in [0.25, 0.3) is 11.8 Å². The van der Waals surface area contributed by atoms with Gasteiger partial charge in [-0.15, -0.1) is 0 Å². The van der Waals surface area contributed by atoms with Gasteiger partial charge in [0.1, 0.15) is 0 Å². The number of hydrogen-bond acceptors (Lipinski definition) is 5. The molecule has 6 heteroatoms. The van der Waals surface area contributed by atoms with Gasteiger partial charge >= 0.3 is 11.9 Å². The second-order valence-corrected chi connectivity index (χ2v) is 14.6. The Labute approximate surface area is 321 Å². The van der Waals surface area contributed by atoms with Crippen molar-refractivity contribution in [2.75, 3.05) is 4.90 Å². The first-order chi connectivity index (χ1) is 27.4. The van der Waals surface area contributed by atoms with Crippen LogP contribution in [0.3, 0.4) is 0 Å². The number of cyclic esters (lactones) is 2. The van der Waals surface area contributed by atoms with E-state index < -0.39 is 23.8 Å². The number of esters is 2. The van der Waals surface area contributed by atoms with E-state index >= 15 is 0 Å². The van der Waals surface area contributed by atoms with Gasteiger partial charge in [-0.25, -0.2) is 14.5 Å². The number of rotatable bonds is 5. The minimum atomic E-state index is -0.802. The highest BCUT2D eigenvalue weighted by Gasteiger charge is 2.40. The summed E-state index contributed by atoms with van der Waals surface area (Å²) in [6, 6.07) is 49.7. The highest BCUT2D eigenvalue weighted by atomic mass is 16.6. The minimum absolute atomic E-state index is 0.152. The molecule has 2 atom stereocenters. The molecule has 4 aliphatic rings. The van der Waals surface area contributed by atoms with Crippen molar-refractivity contribution in [1.29, 1.82) is 0 Å². The molecule has 6 nitrogen and oxygen atoms in total. The van der Waals surface area contributed by atoms with E-state index in [1.807, 2.05) is 60.7 Å². The van der Waals surface area contributed by atoms with E-state index in [0.29, 0.717) is 11.1 Å². The summed E-state index contributed by atoms with van der Waals surface area (Å²) in [5.74, 6) is -3.06. The normalized spacial score (nSPS) is 17.8. The van der Waals surface area contributed by atoms with E-state index in [-0.39, 0.29) is 39.5 Å². The lowest BCUT2D eigenvalue weighted by Gasteiger charge is -2.31. The van der Waals surface area contributed by atoms with Crippen LogP contribution in [0.4, 0.5) is 5.69 Å². The third-order valence-electron chi connectivity index (χ3n) is 11.6. The second-order valence-electron chi connectivity index (χ2n) is 14.6. The molecule has 0 bridgehead atoms. The van der Waals surface area contributed by atoms with Crippen molar-refractivity contribution in [3.8, 4) is 0 Å². The maximum atomic E-state index is 14.8. The van der Waals surface area contributed by atoms with Crippen LogP contribution in [0.1, 0.15) is 97.8 Å². The standard InChI is InChI=1S/C50H29NO5/c52-47-37-19-21-39-46-40(50(55)56-49(39)54)22-20-38(45(37)46)48(53)51(47)34-24-32(43-35-17-9-7-15-30(35)26-41(43)28-11-3-1-4-12-28)23-33(25-34)44-36-18-10-8-16-31(36)27-42(44)29-13-5-2-6-14-29/h1-27,43-44H. The van der Waals surface area contributed by atoms with Gasteiger partial charge in [0, 0.05) is 33.7 Å². The quantitative estimate of drug-likeness (QED) is 0.100. The zero-order chi connectivity index (χ0) is 37.7. The van der Waals surface area contributed by atoms with E-state index in [9.17, 15) is 19.2 Å². The van der Waals surface area contributed by atoms with Crippen LogP contribution in [0.15, 0.2) is 152 Å². The van der Waals surface area contributed by atoms with E-state index in [1.165, 1.54) is 17.0 Å². The van der Waals surface area contributed by atoms with Gasteiger partial charge in [0.15, 0.2) is 0 Å². The number of nitrogens with zero attached hydrogens (tertiary/aromatic N) is 1. The first kappa shape index (κ1) is 32.0. The number of amides is 2. The van der Waals surface area contributed by atoms with Gasteiger partial charge in [-0.2, -0.15) is 0 Å². The highest BCUT2D eigenvalue weighted by Crippen LogP contribution is 2.51. The molecule has 0 aromatic heterocycles. The number of carbonyl (C=O) groups is 4. The van der Waals surface area contributed by atoms with Gasteiger partial charge in [0.2, 0.25) is 0 Å². The van der Waals surface area contributed by atoms with Crippen molar-refractivity contribution in [2.45, 2.75) is 11.8 Å². The van der Waals surface area contributed by atoms with E-state index in [0.717, 1.165) is 55.7 Å². The monoisotopic (exact) mass is 723 g/mol. The van der Waals surface area contributed by atoms with Crippen molar-refractivity contribution in [2.24, 2.45) is 0 Å².